The van der Waals surface area contributed by atoms with Crippen LogP contribution >= 0.6 is 0 Å². The van der Waals surface area contributed by atoms with Crippen LogP contribution in [0.15, 0.2) is 24.4 Å². The predicted molar refractivity (Wildman–Crippen MR) is 114 cm³/mol. The minimum Gasteiger partial charge on any atom is -0.367 e. The fraction of sp³-hybridized carbons (Fsp3) is 0.500. The fourth-order valence-corrected chi connectivity index (χ4v) is 4.89. The number of likely N-dealkylation sites (N-methyl/N-ethyl adjacent to an activating group) is 1. The quantitative estimate of drug-likeness (QED) is 0.619. The highest BCUT2D eigenvalue weighted by molar-refractivity contribution is 5.81. The second-order valence-corrected chi connectivity index (χ2v) is 8.63. The third-order valence-electron chi connectivity index (χ3n) is 6.60. The van der Waals surface area contributed by atoms with Crippen molar-refractivity contribution in [2.75, 3.05) is 24.2 Å². The number of hydrogen-bond acceptors (Lipinski definition) is 6. The summed E-state index contributed by atoms with van der Waals surface area (Å²) in [7, 11) is 1.75. The zero-order valence-electron chi connectivity index (χ0n) is 17.7. The van der Waals surface area contributed by atoms with Gasteiger partial charge in [-0.15, -0.1) is 0 Å². The van der Waals surface area contributed by atoms with Gasteiger partial charge in [0.05, 0.1) is 18.6 Å². The molecule has 2 bridgehead atoms. The lowest BCUT2D eigenvalue weighted by molar-refractivity contribution is -0.137. The molecule has 1 saturated heterocycles. The first kappa shape index (κ1) is 21.0. The molecule has 1 aromatic heterocycles. The Labute approximate surface area is 183 Å². The summed E-state index contributed by atoms with van der Waals surface area (Å²) in [5.74, 6) is -0.0155. The highest BCUT2D eigenvalue weighted by atomic mass is 19.4. The molecule has 1 aromatic carbocycles. The summed E-state index contributed by atoms with van der Waals surface area (Å²) in [5, 5.41) is 8.88. The molecule has 2 aliphatic heterocycles. The first-order valence-corrected chi connectivity index (χ1v) is 10.9. The maximum Gasteiger partial charge on any atom is 0.421 e. The van der Waals surface area contributed by atoms with Gasteiger partial charge >= 0.3 is 6.18 Å². The molecule has 2 atom stereocenters. The highest BCUT2D eigenvalue weighted by Crippen LogP contribution is 2.53. The number of nitrogens with zero attached hydrogens (tertiary/aromatic N) is 3. The van der Waals surface area contributed by atoms with Crippen molar-refractivity contribution in [2.24, 2.45) is 0 Å². The van der Waals surface area contributed by atoms with Gasteiger partial charge in [0.2, 0.25) is 11.9 Å². The Hall–Kier alpha value is -2.88. The number of benzene rings is 1. The topological polar surface area (TPSA) is 82.2 Å². The molecular formula is C22H25F3N6O. The fourth-order valence-electron chi connectivity index (χ4n) is 4.89. The average Bonchev–Trinajstić information content (AvgIpc) is 3.27. The van der Waals surface area contributed by atoms with E-state index in [1.165, 1.54) is 0 Å². The lowest BCUT2D eigenvalue weighted by Crippen LogP contribution is -2.34. The number of hydrogen-bond donors (Lipinski definition) is 3. The van der Waals surface area contributed by atoms with Gasteiger partial charge < -0.3 is 20.9 Å². The second-order valence-electron chi connectivity index (χ2n) is 8.63. The van der Waals surface area contributed by atoms with Gasteiger partial charge in [-0.25, -0.2) is 4.98 Å². The Morgan fingerprint density at radius 2 is 1.91 bits per heavy atom. The zero-order chi connectivity index (χ0) is 22.5. The normalized spacial score (nSPS) is 21.9. The molecule has 5 rings (SSSR count). The lowest BCUT2D eigenvalue weighted by atomic mass is 9.91. The summed E-state index contributed by atoms with van der Waals surface area (Å²) in [6, 6.07) is 5.93. The molecule has 10 heteroatoms. The zero-order valence-corrected chi connectivity index (χ0v) is 17.7. The van der Waals surface area contributed by atoms with Crippen LogP contribution in [0.3, 0.4) is 0 Å². The minimum atomic E-state index is -4.53. The number of fused-ring (bicyclic) bond motifs is 5. The van der Waals surface area contributed by atoms with E-state index in [4.69, 9.17) is 0 Å². The molecule has 0 spiro atoms. The van der Waals surface area contributed by atoms with E-state index in [0.717, 1.165) is 49.4 Å². The Kier molecular flexibility index (Phi) is 5.19. The molecule has 2 fully saturated rings. The van der Waals surface area contributed by atoms with Crippen LogP contribution in [0.25, 0.3) is 0 Å². The van der Waals surface area contributed by atoms with Gasteiger partial charge in [0.25, 0.3) is 0 Å². The predicted octanol–water partition coefficient (Wildman–Crippen LogP) is 4.14. The number of amides is 1. The summed E-state index contributed by atoms with van der Waals surface area (Å²) in [6.07, 6.45) is 0.812. The number of nitrogens with one attached hydrogen (secondary N) is 3. The summed E-state index contributed by atoms with van der Waals surface area (Å²) in [4.78, 5) is 22.5. The molecule has 1 aliphatic carbocycles. The number of aromatic nitrogens is 2. The maximum atomic E-state index is 13.4. The van der Waals surface area contributed by atoms with Crippen LogP contribution in [-0.4, -0.2) is 40.4 Å². The Bertz CT molecular complexity index is 1040. The van der Waals surface area contributed by atoms with E-state index in [-0.39, 0.29) is 35.8 Å². The van der Waals surface area contributed by atoms with Crippen molar-refractivity contribution in [2.45, 2.75) is 56.4 Å². The minimum absolute atomic E-state index is 0.00975. The van der Waals surface area contributed by atoms with Crippen molar-refractivity contribution in [1.29, 1.82) is 0 Å². The molecule has 0 radical (unpaired) electrons. The van der Waals surface area contributed by atoms with Gasteiger partial charge in [-0.2, -0.15) is 18.2 Å². The van der Waals surface area contributed by atoms with Crippen LogP contribution < -0.4 is 16.0 Å². The third kappa shape index (κ3) is 3.66. The van der Waals surface area contributed by atoms with E-state index < -0.39 is 11.7 Å². The van der Waals surface area contributed by atoms with Crippen molar-refractivity contribution in [3.8, 4) is 0 Å². The van der Waals surface area contributed by atoms with E-state index in [9.17, 15) is 18.0 Å². The summed E-state index contributed by atoms with van der Waals surface area (Å²) in [6.45, 7) is 0.294. The second kappa shape index (κ2) is 7.91. The van der Waals surface area contributed by atoms with Crippen molar-refractivity contribution in [3.63, 3.8) is 0 Å². The number of anilines is 3. The smallest absolute Gasteiger partial charge is 0.367 e. The molecule has 3 aliphatic rings. The van der Waals surface area contributed by atoms with Gasteiger partial charge in [0.1, 0.15) is 11.4 Å². The maximum absolute atomic E-state index is 13.4. The number of carbonyl (C=O) groups excluding carboxylic acids is 1. The van der Waals surface area contributed by atoms with Crippen LogP contribution in [0.1, 0.15) is 60.9 Å². The van der Waals surface area contributed by atoms with Crippen molar-refractivity contribution in [3.05, 3.63) is 41.1 Å². The molecule has 0 unspecified atom stereocenters. The van der Waals surface area contributed by atoms with Crippen LogP contribution in [0.2, 0.25) is 0 Å². The molecule has 3 heterocycles. The first-order chi connectivity index (χ1) is 15.3. The number of alkyl halides is 3. The van der Waals surface area contributed by atoms with Gasteiger partial charge in [-0.3, -0.25) is 4.79 Å². The molecule has 7 nitrogen and oxygen atoms in total. The Balaban J connectivity index is 1.39. The molecule has 2 aromatic rings. The number of carbonyl (C=O) groups is 1. The highest BCUT2D eigenvalue weighted by Gasteiger charge is 2.46. The van der Waals surface area contributed by atoms with E-state index in [1.54, 1.807) is 7.05 Å². The van der Waals surface area contributed by atoms with Gasteiger partial charge in [-0.1, -0.05) is 6.07 Å². The van der Waals surface area contributed by atoms with Crippen molar-refractivity contribution in [1.82, 2.24) is 20.2 Å². The lowest BCUT2D eigenvalue weighted by Gasteiger charge is -2.28. The molecule has 32 heavy (non-hydrogen) atoms. The summed E-state index contributed by atoms with van der Waals surface area (Å²) in [5.41, 5.74) is 2.04. The van der Waals surface area contributed by atoms with Crippen LogP contribution in [0.4, 0.5) is 30.6 Å². The third-order valence-corrected chi connectivity index (χ3v) is 6.60. The molecule has 3 N–H and O–H groups in total. The molecule has 170 valence electrons. The summed E-state index contributed by atoms with van der Waals surface area (Å²) >= 11 is 0. The molecule has 1 amide bonds. The first-order valence-electron chi connectivity index (χ1n) is 10.9. The van der Waals surface area contributed by atoms with E-state index in [1.807, 2.05) is 23.1 Å². The average molecular weight is 446 g/mol. The van der Waals surface area contributed by atoms with Gasteiger partial charge in [-0.05, 0) is 62.4 Å². The van der Waals surface area contributed by atoms with Gasteiger partial charge in [0, 0.05) is 17.9 Å². The van der Waals surface area contributed by atoms with Crippen LogP contribution in [0, 0.1) is 0 Å². The number of halogens is 3. The van der Waals surface area contributed by atoms with E-state index in [0.29, 0.717) is 12.2 Å². The van der Waals surface area contributed by atoms with Crippen molar-refractivity contribution >= 4 is 23.4 Å². The molecular weight excluding hydrogens is 421 g/mol. The summed E-state index contributed by atoms with van der Waals surface area (Å²) < 4.78 is 40.2. The number of rotatable bonds is 6. The standard InChI is InChI=1S/C22H25F3N6O/c1-26-11-19(32)31-17-7-8-18(31)15-9-13(5-6-14(15)17)29-21-27-10-16(22(23,24)25)20(30-21)28-12-3-2-4-12/h5-6,9-10,12,17-18,26H,2-4,7-8,11H2,1H3,(H2,27,28,29,30)/t17-,18+/m1/s1. The van der Waals surface area contributed by atoms with Crippen molar-refractivity contribution < 1.29 is 18.0 Å². The monoisotopic (exact) mass is 446 g/mol. The van der Waals surface area contributed by atoms with E-state index >= 15 is 0 Å². The largest absolute Gasteiger partial charge is 0.421 e. The van der Waals surface area contributed by atoms with Crippen LogP contribution in [-0.2, 0) is 11.0 Å². The Morgan fingerprint density at radius 1 is 1.16 bits per heavy atom. The SMILES string of the molecule is CNCC(=O)N1[C@@H]2CC[C@H]1c1cc(Nc3ncc(C(F)(F)F)c(NC4CCC4)n3)ccc12. The molecule has 1 saturated carbocycles. The Morgan fingerprint density at radius 3 is 2.56 bits per heavy atom. The van der Waals surface area contributed by atoms with Gasteiger partial charge in [0.15, 0.2) is 0 Å². The van der Waals surface area contributed by atoms with E-state index in [2.05, 4.69) is 25.9 Å². The van der Waals surface area contributed by atoms with Crippen LogP contribution in [0.5, 0.6) is 0 Å².